The van der Waals surface area contributed by atoms with Gasteiger partial charge < -0.3 is 4.90 Å². The molecule has 1 rings (SSSR count). The van der Waals surface area contributed by atoms with Crippen molar-refractivity contribution in [1.82, 2.24) is 4.90 Å². The van der Waals surface area contributed by atoms with Crippen molar-refractivity contribution in [3.05, 3.63) is 35.9 Å². The van der Waals surface area contributed by atoms with Crippen molar-refractivity contribution in [2.45, 2.75) is 45.6 Å². The van der Waals surface area contributed by atoms with Crippen molar-refractivity contribution in [2.75, 3.05) is 7.05 Å². The van der Waals surface area contributed by atoms with E-state index in [-0.39, 0.29) is 5.91 Å². The zero-order valence-electron chi connectivity index (χ0n) is 11.0. The highest BCUT2D eigenvalue weighted by Gasteiger charge is 2.08. The number of hydrogen-bond donors (Lipinski definition) is 0. The molecule has 0 fully saturated rings. The van der Waals surface area contributed by atoms with Crippen LogP contribution in [0.3, 0.4) is 0 Å². The van der Waals surface area contributed by atoms with E-state index in [1.165, 1.54) is 24.8 Å². The number of rotatable bonds is 7. The average molecular weight is 233 g/mol. The third-order valence-corrected chi connectivity index (χ3v) is 2.93. The van der Waals surface area contributed by atoms with Gasteiger partial charge in [-0.25, -0.2) is 0 Å². The lowest BCUT2D eigenvalue weighted by molar-refractivity contribution is -0.130. The molecule has 0 saturated heterocycles. The summed E-state index contributed by atoms with van der Waals surface area (Å²) in [5.74, 6) is 0.255. The third kappa shape index (κ3) is 5.53. The Bertz CT molecular complexity index is 321. The normalized spacial score (nSPS) is 10.2. The van der Waals surface area contributed by atoms with Gasteiger partial charge in [0.2, 0.25) is 5.91 Å². The number of carbonyl (C=O) groups is 1. The summed E-state index contributed by atoms with van der Waals surface area (Å²) in [5, 5.41) is 0. The molecule has 0 heterocycles. The molecule has 1 aromatic rings. The topological polar surface area (TPSA) is 20.3 Å². The average Bonchev–Trinajstić information content (AvgIpc) is 2.35. The lowest BCUT2D eigenvalue weighted by Crippen LogP contribution is -2.25. The van der Waals surface area contributed by atoms with Gasteiger partial charge in [-0.2, -0.15) is 0 Å². The first-order valence-electron chi connectivity index (χ1n) is 6.52. The fraction of sp³-hybridized carbons (Fsp3) is 0.533. The Kier molecular flexibility index (Phi) is 6.38. The summed E-state index contributed by atoms with van der Waals surface area (Å²) >= 11 is 0. The second kappa shape index (κ2) is 7.88. The molecule has 1 aromatic carbocycles. The van der Waals surface area contributed by atoms with Crippen LogP contribution in [0.5, 0.6) is 0 Å². The van der Waals surface area contributed by atoms with Gasteiger partial charge in [-0.3, -0.25) is 4.79 Å². The second-order valence-electron chi connectivity index (χ2n) is 4.55. The molecule has 0 atom stereocenters. The number of hydrogen-bond acceptors (Lipinski definition) is 1. The van der Waals surface area contributed by atoms with Gasteiger partial charge in [-0.15, -0.1) is 0 Å². The number of amides is 1. The Morgan fingerprint density at radius 3 is 2.47 bits per heavy atom. The Morgan fingerprint density at radius 1 is 1.12 bits per heavy atom. The Hall–Kier alpha value is -1.31. The highest BCUT2D eigenvalue weighted by atomic mass is 16.2. The minimum Gasteiger partial charge on any atom is -0.341 e. The summed E-state index contributed by atoms with van der Waals surface area (Å²) in [6.45, 7) is 2.90. The zero-order valence-corrected chi connectivity index (χ0v) is 11.0. The minimum atomic E-state index is 0.255. The number of benzene rings is 1. The molecule has 0 N–H and O–H groups in total. The molecule has 94 valence electrons. The Balaban J connectivity index is 2.27. The van der Waals surface area contributed by atoms with Gasteiger partial charge in [0, 0.05) is 20.0 Å². The van der Waals surface area contributed by atoms with E-state index in [4.69, 9.17) is 0 Å². The van der Waals surface area contributed by atoms with Gasteiger partial charge in [0.15, 0.2) is 0 Å². The molecule has 0 saturated carbocycles. The smallest absolute Gasteiger partial charge is 0.222 e. The molecule has 0 aromatic heterocycles. The molecular formula is C15H23NO. The highest BCUT2D eigenvalue weighted by Crippen LogP contribution is 2.07. The SMILES string of the molecule is CCCCCCC(=O)N(C)Cc1ccccc1. The first-order valence-corrected chi connectivity index (χ1v) is 6.52. The van der Waals surface area contributed by atoms with Gasteiger partial charge in [-0.05, 0) is 12.0 Å². The molecule has 17 heavy (non-hydrogen) atoms. The van der Waals surface area contributed by atoms with E-state index in [1.54, 1.807) is 0 Å². The summed E-state index contributed by atoms with van der Waals surface area (Å²) in [6, 6.07) is 10.1. The molecule has 0 spiro atoms. The van der Waals surface area contributed by atoms with Crippen molar-refractivity contribution in [3.63, 3.8) is 0 Å². The van der Waals surface area contributed by atoms with E-state index in [2.05, 4.69) is 19.1 Å². The van der Waals surface area contributed by atoms with Crippen LogP contribution in [0.2, 0.25) is 0 Å². The monoisotopic (exact) mass is 233 g/mol. The molecular weight excluding hydrogens is 210 g/mol. The highest BCUT2D eigenvalue weighted by molar-refractivity contribution is 5.75. The van der Waals surface area contributed by atoms with Gasteiger partial charge in [-0.1, -0.05) is 56.5 Å². The van der Waals surface area contributed by atoms with E-state index >= 15 is 0 Å². The zero-order chi connectivity index (χ0) is 12.5. The molecule has 2 nitrogen and oxygen atoms in total. The summed E-state index contributed by atoms with van der Waals surface area (Å²) in [6.07, 6.45) is 5.32. The maximum Gasteiger partial charge on any atom is 0.222 e. The van der Waals surface area contributed by atoms with E-state index in [9.17, 15) is 4.79 Å². The molecule has 0 bridgehead atoms. The number of unbranched alkanes of at least 4 members (excludes halogenated alkanes) is 3. The molecule has 0 aliphatic heterocycles. The maximum absolute atomic E-state index is 11.8. The quantitative estimate of drug-likeness (QED) is 0.659. The summed E-state index contributed by atoms with van der Waals surface area (Å²) < 4.78 is 0. The van der Waals surface area contributed by atoms with Crippen molar-refractivity contribution in [2.24, 2.45) is 0 Å². The molecule has 0 radical (unpaired) electrons. The lowest BCUT2D eigenvalue weighted by Gasteiger charge is -2.17. The fourth-order valence-corrected chi connectivity index (χ4v) is 1.84. The van der Waals surface area contributed by atoms with Crippen molar-refractivity contribution >= 4 is 5.91 Å². The largest absolute Gasteiger partial charge is 0.341 e. The summed E-state index contributed by atoms with van der Waals surface area (Å²) in [7, 11) is 1.88. The summed E-state index contributed by atoms with van der Waals surface area (Å²) in [5.41, 5.74) is 1.19. The van der Waals surface area contributed by atoms with Crippen LogP contribution in [0.15, 0.2) is 30.3 Å². The first kappa shape index (κ1) is 13.8. The van der Waals surface area contributed by atoms with Crippen LogP contribution in [0.25, 0.3) is 0 Å². The van der Waals surface area contributed by atoms with Crippen molar-refractivity contribution in [1.29, 1.82) is 0 Å². The predicted octanol–water partition coefficient (Wildman–Crippen LogP) is 3.62. The van der Waals surface area contributed by atoms with Crippen LogP contribution in [0.1, 0.15) is 44.6 Å². The van der Waals surface area contributed by atoms with Crippen LogP contribution in [0.4, 0.5) is 0 Å². The van der Waals surface area contributed by atoms with Gasteiger partial charge in [0.25, 0.3) is 0 Å². The molecule has 0 unspecified atom stereocenters. The Morgan fingerprint density at radius 2 is 1.82 bits per heavy atom. The van der Waals surface area contributed by atoms with Gasteiger partial charge in [0.1, 0.15) is 0 Å². The van der Waals surface area contributed by atoms with E-state index < -0.39 is 0 Å². The standard InChI is InChI=1S/C15H23NO/c1-3-4-5-9-12-15(17)16(2)13-14-10-7-6-8-11-14/h6-8,10-11H,3-5,9,12-13H2,1-2H3. The fourth-order valence-electron chi connectivity index (χ4n) is 1.84. The van der Waals surface area contributed by atoms with Crippen molar-refractivity contribution in [3.8, 4) is 0 Å². The summed E-state index contributed by atoms with van der Waals surface area (Å²) in [4.78, 5) is 13.7. The van der Waals surface area contributed by atoms with E-state index in [1.807, 2.05) is 30.1 Å². The molecule has 0 aliphatic carbocycles. The predicted molar refractivity (Wildman–Crippen MR) is 71.7 cm³/mol. The van der Waals surface area contributed by atoms with Crippen LogP contribution in [-0.2, 0) is 11.3 Å². The Labute approximate surface area is 105 Å². The van der Waals surface area contributed by atoms with E-state index in [0.29, 0.717) is 13.0 Å². The van der Waals surface area contributed by atoms with Crippen LogP contribution in [0, 0.1) is 0 Å². The molecule has 0 aliphatic rings. The molecule has 1 amide bonds. The minimum absolute atomic E-state index is 0.255. The molecule has 2 heteroatoms. The van der Waals surface area contributed by atoms with Gasteiger partial charge >= 0.3 is 0 Å². The first-order chi connectivity index (χ1) is 8.24. The maximum atomic E-state index is 11.8. The lowest BCUT2D eigenvalue weighted by atomic mass is 10.1. The van der Waals surface area contributed by atoms with Gasteiger partial charge in [0.05, 0.1) is 0 Å². The van der Waals surface area contributed by atoms with E-state index in [0.717, 1.165) is 6.42 Å². The number of nitrogens with zero attached hydrogens (tertiary/aromatic N) is 1. The van der Waals surface area contributed by atoms with Crippen LogP contribution < -0.4 is 0 Å². The van der Waals surface area contributed by atoms with Crippen LogP contribution in [-0.4, -0.2) is 17.9 Å². The second-order valence-corrected chi connectivity index (χ2v) is 4.55. The van der Waals surface area contributed by atoms with Crippen LogP contribution >= 0.6 is 0 Å². The van der Waals surface area contributed by atoms with Crippen molar-refractivity contribution < 1.29 is 4.79 Å². The third-order valence-electron chi connectivity index (χ3n) is 2.93. The number of carbonyl (C=O) groups excluding carboxylic acids is 1.